The minimum Gasteiger partial charge on any atom is -0.485 e. The van der Waals surface area contributed by atoms with Gasteiger partial charge in [0.1, 0.15) is 11.9 Å². The first kappa shape index (κ1) is 25.5. The maximum absolute atomic E-state index is 12.8. The molecule has 0 aliphatic carbocycles. The van der Waals surface area contributed by atoms with Crippen LogP contribution < -0.4 is 15.0 Å². The van der Waals surface area contributed by atoms with Crippen molar-refractivity contribution in [2.45, 2.75) is 38.8 Å². The van der Waals surface area contributed by atoms with Crippen molar-refractivity contribution in [1.29, 1.82) is 0 Å². The van der Waals surface area contributed by atoms with Crippen LogP contribution in [0, 0.1) is 6.92 Å². The Morgan fingerprint density at radius 2 is 1.76 bits per heavy atom. The number of benzene rings is 4. The molecule has 38 heavy (non-hydrogen) atoms. The van der Waals surface area contributed by atoms with Crippen LogP contribution in [0.4, 0.5) is 11.4 Å². The average molecular weight is 509 g/mol. The SMILES string of the molecule is Cc1ccc(N2CC(CN[C@H](C)c3cccc4ccccc34)Oc3ccccc32)cc1C(=O)CCC(=O)O. The number of para-hydroxylation sites is 2. The third-order valence-corrected chi connectivity index (χ3v) is 7.18. The third kappa shape index (κ3) is 5.41. The van der Waals surface area contributed by atoms with Crippen molar-refractivity contribution in [3.05, 3.63) is 102 Å². The van der Waals surface area contributed by atoms with Crippen LogP contribution in [-0.4, -0.2) is 36.1 Å². The number of rotatable bonds is 9. The van der Waals surface area contributed by atoms with Gasteiger partial charge in [0.25, 0.3) is 0 Å². The maximum atomic E-state index is 12.8. The Hall–Kier alpha value is -4.16. The molecule has 1 heterocycles. The highest BCUT2D eigenvalue weighted by atomic mass is 16.5. The number of carboxylic acid groups (broad SMARTS) is 1. The van der Waals surface area contributed by atoms with Gasteiger partial charge in [-0.1, -0.05) is 60.7 Å². The third-order valence-electron chi connectivity index (χ3n) is 7.18. The standard InChI is InChI=1S/C32H32N2O4/c1-21-14-15-24(18-28(21)30(35)16-17-32(36)37)34-20-25(38-31-13-6-5-12-29(31)34)19-33-22(2)26-11-7-9-23-8-3-4-10-27(23)26/h3-15,18,22,25,33H,16-17,19-20H2,1-2H3,(H,36,37)/t22-,25?/m1/s1. The summed E-state index contributed by atoms with van der Waals surface area (Å²) in [6.45, 7) is 5.31. The molecule has 1 aliphatic heterocycles. The first-order valence-corrected chi connectivity index (χ1v) is 13.0. The molecule has 0 bridgehead atoms. The second-order valence-electron chi connectivity index (χ2n) is 9.83. The number of ketones is 1. The second kappa shape index (κ2) is 11.1. The lowest BCUT2D eigenvalue weighted by molar-refractivity contribution is -0.136. The summed E-state index contributed by atoms with van der Waals surface area (Å²) in [6.07, 6.45) is -0.307. The molecule has 4 aromatic carbocycles. The molecule has 0 spiro atoms. The van der Waals surface area contributed by atoms with Crippen molar-refractivity contribution in [2.24, 2.45) is 0 Å². The Balaban J connectivity index is 1.37. The van der Waals surface area contributed by atoms with Gasteiger partial charge >= 0.3 is 5.97 Å². The van der Waals surface area contributed by atoms with Crippen LogP contribution in [0.2, 0.25) is 0 Å². The summed E-state index contributed by atoms with van der Waals surface area (Å²) in [5.74, 6) is -0.333. The molecule has 4 aromatic rings. The molecule has 194 valence electrons. The van der Waals surface area contributed by atoms with Crippen LogP contribution >= 0.6 is 0 Å². The van der Waals surface area contributed by atoms with Gasteiger partial charge in [-0.3, -0.25) is 9.59 Å². The Labute approximate surface area is 222 Å². The molecule has 6 heteroatoms. The molecule has 5 rings (SSSR count). The van der Waals surface area contributed by atoms with Crippen molar-refractivity contribution < 1.29 is 19.4 Å². The van der Waals surface area contributed by atoms with Crippen LogP contribution in [0.1, 0.15) is 47.3 Å². The number of carbonyl (C=O) groups excluding carboxylic acids is 1. The Kier molecular flexibility index (Phi) is 7.43. The normalized spacial score (nSPS) is 15.5. The van der Waals surface area contributed by atoms with E-state index in [1.807, 2.05) is 49.4 Å². The van der Waals surface area contributed by atoms with Gasteiger partial charge in [-0.15, -0.1) is 0 Å². The number of aliphatic carboxylic acids is 1. The first-order valence-electron chi connectivity index (χ1n) is 13.0. The number of hydrogen-bond donors (Lipinski definition) is 2. The number of anilines is 2. The number of nitrogens with one attached hydrogen (secondary N) is 1. The fourth-order valence-corrected chi connectivity index (χ4v) is 5.13. The first-order chi connectivity index (χ1) is 18.4. The molecule has 1 aliphatic rings. The number of carbonyl (C=O) groups is 2. The van der Waals surface area contributed by atoms with Crippen molar-refractivity contribution in [3.8, 4) is 5.75 Å². The summed E-state index contributed by atoms with van der Waals surface area (Å²) in [5, 5.41) is 15.1. The summed E-state index contributed by atoms with van der Waals surface area (Å²) in [6, 6.07) is 28.7. The fraction of sp³-hybridized carbons (Fsp3) is 0.250. The summed E-state index contributed by atoms with van der Waals surface area (Å²) < 4.78 is 6.39. The number of aryl methyl sites for hydroxylation is 1. The van der Waals surface area contributed by atoms with E-state index >= 15 is 0 Å². The number of fused-ring (bicyclic) bond motifs is 2. The summed E-state index contributed by atoms with van der Waals surface area (Å²) >= 11 is 0. The number of hydrogen-bond acceptors (Lipinski definition) is 5. The maximum Gasteiger partial charge on any atom is 0.303 e. The van der Waals surface area contributed by atoms with Gasteiger partial charge in [-0.25, -0.2) is 0 Å². The molecule has 0 radical (unpaired) electrons. The van der Waals surface area contributed by atoms with Gasteiger partial charge in [0.05, 0.1) is 18.7 Å². The largest absolute Gasteiger partial charge is 0.485 e. The van der Waals surface area contributed by atoms with E-state index < -0.39 is 5.97 Å². The number of nitrogens with zero attached hydrogens (tertiary/aromatic N) is 1. The second-order valence-corrected chi connectivity index (χ2v) is 9.83. The number of Topliss-reactive ketones (excluding diaryl/α,β-unsaturated/α-hetero) is 1. The molecule has 0 fully saturated rings. The molecule has 0 saturated heterocycles. The zero-order valence-electron chi connectivity index (χ0n) is 21.7. The lowest BCUT2D eigenvalue weighted by Gasteiger charge is -2.37. The van der Waals surface area contributed by atoms with E-state index in [2.05, 4.69) is 59.6 Å². The number of carboxylic acids is 1. The molecule has 6 nitrogen and oxygen atoms in total. The van der Waals surface area contributed by atoms with Gasteiger partial charge in [0, 0.05) is 30.3 Å². The number of ether oxygens (including phenoxy) is 1. The monoisotopic (exact) mass is 508 g/mol. The predicted octanol–water partition coefficient (Wildman–Crippen LogP) is 6.45. The molecule has 1 unspecified atom stereocenters. The zero-order chi connectivity index (χ0) is 26.6. The highest BCUT2D eigenvalue weighted by molar-refractivity contribution is 5.99. The molecular formula is C32H32N2O4. The quantitative estimate of drug-likeness (QED) is 0.253. The summed E-state index contributed by atoms with van der Waals surface area (Å²) in [4.78, 5) is 26.0. The van der Waals surface area contributed by atoms with Crippen LogP contribution in [0.5, 0.6) is 5.75 Å². The van der Waals surface area contributed by atoms with E-state index in [4.69, 9.17) is 9.84 Å². The van der Waals surface area contributed by atoms with Gasteiger partial charge in [0.2, 0.25) is 0 Å². The van der Waals surface area contributed by atoms with Crippen molar-refractivity contribution in [2.75, 3.05) is 18.0 Å². The van der Waals surface area contributed by atoms with Crippen LogP contribution in [0.15, 0.2) is 84.9 Å². The van der Waals surface area contributed by atoms with E-state index in [0.29, 0.717) is 18.7 Å². The minimum absolute atomic E-state index is 0.0159. The predicted molar refractivity (Wildman–Crippen MR) is 151 cm³/mol. The van der Waals surface area contributed by atoms with E-state index in [0.717, 1.165) is 22.7 Å². The fourth-order valence-electron chi connectivity index (χ4n) is 5.13. The van der Waals surface area contributed by atoms with E-state index in [-0.39, 0.29) is 30.8 Å². The summed E-state index contributed by atoms with van der Waals surface area (Å²) in [7, 11) is 0. The Morgan fingerprint density at radius 1 is 1.00 bits per heavy atom. The molecule has 2 N–H and O–H groups in total. The van der Waals surface area contributed by atoms with Crippen LogP contribution in [0.3, 0.4) is 0 Å². The smallest absolute Gasteiger partial charge is 0.303 e. The Bertz CT molecular complexity index is 1480. The molecule has 0 saturated carbocycles. The van der Waals surface area contributed by atoms with Gasteiger partial charge in [0.15, 0.2) is 5.78 Å². The van der Waals surface area contributed by atoms with E-state index in [1.54, 1.807) is 0 Å². The zero-order valence-corrected chi connectivity index (χ0v) is 21.7. The van der Waals surface area contributed by atoms with Crippen molar-refractivity contribution in [1.82, 2.24) is 5.32 Å². The molecule has 0 aromatic heterocycles. The molecular weight excluding hydrogens is 476 g/mol. The van der Waals surface area contributed by atoms with E-state index in [9.17, 15) is 9.59 Å². The Morgan fingerprint density at radius 3 is 2.61 bits per heavy atom. The highest BCUT2D eigenvalue weighted by Crippen LogP contribution is 2.38. The lowest BCUT2D eigenvalue weighted by Crippen LogP contribution is -2.44. The van der Waals surface area contributed by atoms with Gasteiger partial charge in [-0.2, -0.15) is 0 Å². The van der Waals surface area contributed by atoms with E-state index in [1.165, 1.54) is 16.3 Å². The average Bonchev–Trinajstić information content (AvgIpc) is 2.94. The topological polar surface area (TPSA) is 78.9 Å². The molecule has 2 atom stereocenters. The summed E-state index contributed by atoms with van der Waals surface area (Å²) in [5.41, 5.74) is 4.48. The minimum atomic E-state index is -0.970. The van der Waals surface area contributed by atoms with Crippen molar-refractivity contribution in [3.63, 3.8) is 0 Å². The molecule has 0 amide bonds. The van der Waals surface area contributed by atoms with Crippen LogP contribution in [0.25, 0.3) is 10.8 Å². The highest BCUT2D eigenvalue weighted by Gasteiger charge is 2.28. The van der Waals surface area contributed by atoms with Gasteiger partial charge < -0.3 is 20.1 Å². The van der Waals surface area contributed by atoms with Crippen molar-refractivity contribution >= 4 is 33.9 Å². The lowest BCUT2D eigenvalue weighted by atomic mass is 9.99. The van der Waals surface area contributed by atoms with Crippen LogP contribution in [-0.2, 0) is 4.79 Å². The van der Waals surface area contributed by atoms with Gasteiger partial charge in [-0.05, 0) is 60.0 Å².